The van der Waals surface area contributed by atoms with E-state index in [-0.39, 0.29) is 0 Å². The van der Waals surface area contributed by atoms with Gasteiger partial charge in [0.25, 0.3) is 0 Å². The normalized spacial score (nSPS) is 10.4. The molecule has 0 aliphatic heterocycles. The highest BCUT2D eigenvalue weighted by Crippen LogP contribution is 2.31. The van der Waals surface area contributed by atoms with Crippen molar-refractivity contribution >= 4 is 34.7 Å². The average molecular weight is 282 g/mol. The SMILES string of the molecule is CCCN(CC)c1cccc(SCC)c1C(N)=S. The second kappa shape index (κ2) is 7.64. The third kappa shape index (κ3) is 3.62. The van der Waals surface area contributed by atoms with Crippen LogP contribution < -0.4 is 10.6 Å². The summed E-state index contributed by atoms with van der Waals surface area (Å²) >= 11 is 7.04. The summed E-state index contributed by atoms with van der Waals surface area (Å²) in [5, 5.41) is 0. The Morgan fingerprint density at radius 3 is 2.56 bits per heavy atom. The summed E-state index contributed by atoms with van der Waals surface area (Å²) in [4.78, 5) is 4.03. The number of rotatable bonds is 7. The van der Waals surface area contributed by atoms with E-state index in [1.807, 2.05) is 0 Å². The van der Waals surface area contributed by atoms with Crippen LogP contribution in [0.3, 0.4) is 0 Å². The van der Waals surface area contributed by atoms with Crippen LogP contribution >= 0.6 is 24.0 Å². The summed E-state index contributed by atoms with van der Waals surface area (Å²) in [6, 6.07) is 6.31. The van der Waals surface area contributed by atoms with Crippen LogP contribution in [0, 0.1) is 0 Å². The predicted molar refractivity (Wildman–Crippen MR) is 86.9 cm³/mol. The molecule has 0 spiro atoms. The van der Waals surface area contributed by atoms with E-state index in [0.717, 1.165) is 30.8 Å². The Kier molecular flexibility index (Phi) is 6.50. The molecule has 1 aromatic carbocycles. The molecule has 0 aliphatic rings. The Morgan fingerprint density at radius 1 is 1.33 bits per heavy atom. The first kappa shape index (κ1) is 15.3. The van der Waals surface area contributed by atoms with Crippen molar-refractivity contribution in [3.63, 3.8) is 0 Å². The monoisotopic (exact) mass is 282 g/mol. The molecule has 0 saturated heterocycles. The second-order valence-electron chi connectivity index (χ2n) is 4.03. The largest absolute Gasteiger partial charge is 0.389 e. The maximum atomic E-state index is 5.93. The van der Waals surface area contributed by atoms with Gasteiger partial charge in [-0.05, 0) is 31.2 Å². The summed E-state index contributed by atoms with van der Waals surface area (Å²) < 4.78 is 0. The molecule has 0 amide bonds. The first-order valence-corrected chi connectivity index (χ1v) is 7.85. The average Bonchev–Trinajstić information content (AvgIpc) is 2.35. The molecule has 2 nitrogen and oxygen atoms in total. The van der Waals surface area contributed by atoms with Gasteiger partial charge in [-0.3, -0.25) is 0 Å². The molecule has 0 radical (unpaired) electrons. The van der Waals surface area contributed by atoms with Crippen LogP contribution in [-0.4, -0.2) is 23.8 Å². The first-order chi connectivity index (χ1) is 8.65. The van der Waals surface area contributed by atoms with Crippen molar-refractivity contribution in [1.82, 2.24) is 0 Å². The fourth-order valence-corrected chi connectivity index (χ4v) is 3.15. The lowest BCUT2D eigenvalue weighted by Gasteiger charge is -2.26. The van der Waals surface area contributed by atoms with Crippen molar-refractivity contribution in [2.45, 2.75) is 32.1 Å². The molecule has 4 heteroatoms. The van der Waals surface area contributed by atoms with Crippen molar-refractivity contribution in [1.29, 1.82) is 0 Å². The van der Waals surface area contributed by atoms with E-state index in [1.54, 1.807) is 11.8 Å². The first-order valence-electron chi connectivity index (χ1n) is 6.46. The molecular formula is C14H22N2S2. The predicted octanol–water partition coefficient (Wildman–Crippen LogP) is 3.67. The summed E-state index contributed by atoms with van der Waals surface area (Å²) in [6.07, 6.45) is 1.12. The number of hydrogen-bond donors (Lipinski definition) is 1. The maximum Gasteiger partial charge on any atom is 0.107 e. The van der Waals surface area contributed by atoms with E-state index in [9.17, 15) is 0 Å². The zero-order valence-electron chi connectivity index (χ0n) is 11.4. The minimum Gasteiger partial charge on any atom is -0.389 e. The van der Waals surface area contributed by atoms with Gasteiger partial charge in [-0.15, -0.1) is 11.8 Å². The van der Waals surface area contributed by atoms with E-state index >= 15 is 0 Å². The van der Waals surface area contributed by atoms with Crippen LogP contribution in [0.2, 0.25) is 0 Å². The summed E-state index contributed by atoms with van der Waals surface area (Å²) in [5.41, 5.74) is 8.13. The van der Waals surface area contributed by atoms with Crippen LogP contribution in [-0.2, 0) is 0 Å². The smallest absolute Gasteiger partial charge is 0.107 e. The summed E-state index contributed by atoms with van der Waals surface area (Å²) in [7, 11) is 0. The lowest BCUT2D eigenvalue weighted by atomic mass is 10.1. The molecule has 0 saturated carbocycles. The van der Waals surface area contributed by atoms with Gasteiger partial charge in [0.15, 0.2) is 0 Å². The highest BCUT2D eigenvalue weighted by molar-refractivity contribution is 7.99. The molecule has 0 bridgehead atoms. The van der Waals surface area contributed by atoms with Gasteiger partial charge in [0.2, 0.25) is 0 Å². The third-order valence-electron chi connectivity index (χ3n) is 2.77. The maximum absolute atomic E-state index is 5.93. The number of nitrogens with two attached hydrogens (primary N) is 1. The molecule has 18 heavy (non-hydrogen) atoms. The Balaban J connectivity index is 3.24. The zero-order chi connectivity index (χ0) is 13.5. The fourth-order valence-electron chi connectivity index (χ4n) is 2.03. The van der Waals surface area contributed by atoms with E-state index in [0.29, 0.717) is 4.99 Å². The van der Waals surface area contributed by atoms with Gasteiger partial charge in [0, 0.05) is 29.2 Å². The lowest BCUT2D eigenvalue weighted by Crippen LogP contribution is -2.27. The van der Waals surface area contributed by atoms with Crippen molar-refractivity contribution in [2.24, 2.45) is 5.73 Å². The molecule has 0 atom stereocenters. The standard InChI is InChI=1S/C14H22N2S2/c1-4-10-16(5-2)11-8-7-9-12(18-6-3)13(11)14(15)17/h7-9H,4-6,10H2,1-3H3,(H2,15,17). The van der Waals surface area contributed by atoms with E-state index in [4.69, 9.17) is 18.0 Å². The van der Waals surface area contributed by atoms with Crippen molar-refractivity contribution in [3.05, 3.63) is 23.8 Å². The molecule has 0 heterocycles. The molecule has 0 fully saturated rings. The third-order valence-corrected chi connectivity index (χ3v) is 3.91. The van der Waals surface area contributed by atoms with Crippen LogP contribution in [0.5, 0.6) is 0 Å². The zero-order valence-corrected chi connectivity index (χ0v) is 13.0. The number of thiocarbonyl (C=S) groups is 1. The van der Waals surface area contributed by atoms with Gasteiger partial charge in [-0.2, -0.15) is 0 Å². The van der Waals surface area contributed by atoms with Gasteiger partial charge < -0.3 is 10.6 Å². The Labute approximate surface area is 120 Å². The molecule has 100 valence electrons. The Morgan fingerprint density at radius 2 is 2.06 bits per heavy atom. The number of benzene rings is 1. The molecule has 0 aromatic heterocycles. The minimum absolute atomic E-state index is 0.496. The molecular weight excluding hydrogens is 260 g/mol. The number of hydrogen-bond acceptors (Lipinski definition) is 3. The molecule has 0 aliphatic carbocycles. The van der Waals surface area contributed by atoms with Crippen LogP contribution in [0.4, 0.5) is 5.69 Å². The Hall–Kier alpha value is -0.740. The van der Waals surface area contributed by atoms with Crippen LogP contribution in [0.15, 0.2) is 23.1 Å². The summed E-state index contributed by atoms with van der Waals surface area (Å²) in [5.74, 6) is 1.03. The van der Waals surface area contributed by atoms with E-state index < -0.39 is 0 Å². The quantitative estimate of drug-likeness (QED) is 0.610. The van der Waals surface area contributed by atoms with Crippen molar-refractivity contribution in [3.8, 4) is 0 Å². The van der Waals surface area contributed by atoms with Gasteiger partial charge in [0.1, 0.15) is 4.99 Å². The molecule has 1 rings (SSSR count). The van der Waals surface area contributed by atoms with Crippen LogP contribution in [0.25, 0.3) is 0 Å². The fraction of sp³-hybridized carbons (Fsp3) is 0.500. The topological polar surface area (TPSA) is 29.3 Å². The molecule has 0 unspecified atom stereocenters. The highest BCUT2D eigenvalue weighted by Gasteiger charge is 2.15. The summed E-state index contributed by atoms with van der Waals surface area (Å²) in [6.45, 7) is 8.51. The Bertz CT molecular complexity index is 405. The van der Waals surface area contributed by atoms with Gasteiger partial charge in [-0.25, -0.2) is 0 Å². The van der Waals surface area contributed by atoms with Gasteiger partial charge in [0.05, 0.1) is 0 Å². The number of thioether (sulfide) groups is 1. The molecule has 2 N–H and O–H groups in total. The van der Waals surface area contributed by atoms with Gasteiger partial charge >= 0.3 is 0 Å². The number of nitrogens with zero attached hydrogens (tertiary/aromatic N) is 1. The minimum atomic E-state index is 0.496. The van der Waals surface area contributed by atoms with Crippen LogP contribution in [0.1, 0.15) is 32.8 Å². The highest BCUT2D eigenvalue weighted by atomic mass is 32.2. The second-order valence-corrected chi connectivity index (χ2v) is 5.77. The van der Waals surface area contributed by atoms with E-state index in [2.05, 4.69) is 43.9 Å². The lowest BCUT2D eigenvalue weighted by molar-refractivity contribution is 0.790. The van der Waals surface area contributed by atoms with Crippen molar-refractivity contribution in [2.75, 3.05) is 23.7 Å². The van der Waals surface area contributed by atoms with E-state index in [1.165, 1.54) is 10.6 Å². The molecule has 1 aromatic rings. The number of anilines is 1. The van der Waals surface area contributed by atoms with Gasteiger partial charge in [-0.1, -0.05) is 32.1 Å². The van der Waals surface area contributed by atoms with Crippen molar-refractivity contribution < 1.29 is 0 Å².